The van der Waals surface area contributed by atoms with E-state index in [0.717, 1.165) is 5.69 Å². The highest BCUT2D eigenvalue weighted by atomic mass is 15.2. The molecule has 7 heteroatoms. The summed E-state index contributed by atoms with van der Waals surface area (Å²) in [5.41, 5.74) is 7.97. The number of aryl methyl sites for hydroxylation is 1. The number of rotatable bonds is 2. The fourth-order valence-corrected chi connectivity index (χ4v) is 1.68. The van der Waals surface area contributed by atoms with Crippen molar-refractivity contribution in [1.29, 1.82) is 0 Å². The molecule has 3 aromatic heterocycles. The Kier molecular flexibility index (Phi) is 2.30. The summed E-state index contributed by atoms with van der Waals surface area (Å²) in [6, 6.07) is 5.51. The van der Waals surface area contributed by atoms with Gasteiger partial charge in [0.2, 0.25) is 5.95 Å². The quantitative estimate of drug-likeness (QED) is 0.626. The number of nitrogens with zero attached hydrogens (tertiary/aromatic N) is 4. The molecule has 0 aliphatic rings. The monoisotopic (exact) mass is 241 g/mol. The molecule has 0 unspecified atom stereocenters. The number of aromatic nitrogens is 5. The molecule has 0 atom stereocenters. The Morgan fingerprint density at radius 1 is 1.33 bits per heavy atom. The Balaban J connectivity index is 2.10. The number of nitrogens with two attached hydrogens (primary N) is 1. The second kappa shape index (κ2) is 3.95. The van der Waals surface area contributed by atoms with Crippen molar-refractivity contribution in [2.45, 2.75) is 6.92 Å². The van der Waals surface area contributed by atoms with Gasteiger partial charge in [-0.15, -0.1) is 0 Å². The predicted molar refractivity (Wildman–Crippen MR) is 68.4 cm³/mol. The van der Waals surface area contributed by atoms with Gasteiger partial charge in [0.15, 0.2) is 11.6 Å². The largest absolute Gasteiger partial charge is 0.368 e. The van der Waals surface area contributed by atoms with Gasteiger partial charge in [-0.25, -0.2) is 4.98 Å². The summed E-state index contributed by atoms with van der Waals surface area (Å²) in [6.07, 6.45) is 1.68. The van der Waals surface area contributed by atoms with Crippen LogP contribution in [0.1, 0.15) is 5.69 Å². The number of hydrogen-bond donors (Lipinski definition) is 3. The highest BCUT2D eigenvalue weighted by Gasteiger charge is 2.08. The number of anilines is 3. The van der Waals surface area contributed by atoms with Crippen LogP contribution in [0.25, 0.3) is 11.0 Å². The zero-order chi connectivity index (χ0) is 12.5. The van der Waals surface area contributed by atoms with Gasteiger partial charge in [-0.1, -0.05) is 0 Å². The van der Waals surface area contributed by atoms with Gasteiger partial charge in [-0.3, -0.25) is 10.1 Å². The van der Waals surface area contributed by atoms with Gasteiger partial charge in [-0.05, 0) is 19.1 Å². The molecule has 0 fully saturated rings. The van der Waals surface area contributed by atoms with E-state index in [1.54, 1.807) is 12.3 Å². The molecule has 0 saturated carbocycles. The van der Waals surface area contributed by atoms with Crippen molar-refractivity contribution in [2.75, 3.05) is 11.1 Å². The Labute approximate surface area is 102 Å². The van der Waals surface area contributed by atoms with Crippen molar-refractivity contribution in [3.8, 4) is 0 Å². The third-order valence-corrected chi connectivity index (χ3v) is 2.42. The van der Waals surface area contributed by atoms with Crippen LogP contribution < -0.4 is 11.1 Å². The third-order valence-electron chi connectivity index (χ3n) is 2.42. The normalized spacial score (nSPS) is 10.7. The molecule has 0 aliphatic heterocycles. The van der Waals surface area contributed by atoms with Gasteiger partial charge >= 0.3 is 0 Å². The number of aromatic amines is 1. The summed E-state index contributed by atoms with van der Waals surface area (Å²) in [5, 5.41) is 10.00. The Bertz CT molecular complexity index is 703. The van der Waals surface area contributed by atoms with Crippen molar-refractivity contribution in [1.82, 2.24) is 25.1 Å². The molecule has 0 radical (unpaired) electrons. The molecular formula is C11H11N7. The van der Waals surface area contributed by atoms with Gasteiger partial charge in [0.1, 0.15) is 5.52 Å². The maximum Gasteiger partial charge on any atom is 0.222 e. The Morgan fingerprint density at radius 3 is 3.00 bits per heavy atom. The van der Waals surface area contributed by atoms with Gasteiger partial charge in [0, 0.05) is 18.0 Å². The smallest absolute Gasteiger partial charge is 0.222 e. The molecule has 90 valence electrons. The van der Waals surface area contributed by atoms with Crippen LogP contribution in [0.3, 0.4) is 0 Å². The lowest BCUT2D eigenvalue weighted by Gasteiger charge is -2.05. The van der Waals surface area contributed by atoms with Crippen molar-refractivity contribution in [3.05, 3.63) is 30.1 Å². The fourth-order valence-electron chi connectivity index (χ4n) is 1.68. The van der Waals surface area contributed by atoms with Gasteiger partial charge < -0.3 is 11.1 Å². The number of hydrogen-bond acceptors (Lipinski definition) is 6. The minimum absolute atomic E-state index is 0.199. The summed E-state index contributed by atoms with van der Waals surface area (Å²) in [5.74, 6) is 1.41. The van der Waals surface area contributed by atoms with Crippen LogP contribution in [0.5, 0.6) is 0 Å². The number of H-pyrrole nitrogens is 1. The topological polar surface area (TPSA) is 105 Å². The van der Waals surface area contributed by atoms with E-state index in [9.17, 15) is 0 Å². The number of fused-ring (bicyclic) bond motifs is 1. The Hall–Kier alpha value is -2.70. The van der Waals surface area contributed by atoms with Crippen molar-refractivity contribution in [2.24, 2.45) is 0 Å². The van der Waals surface area contributed by atoms with Crippen molar-refractivity contribution in [3.63, 3.8) is 0 Å². The summed E-state index contributed by atoms with van der Waals surface area (Å²) < 4.78 is 0. The van der Waals surface area contributed by atoms with Crippen LogP contribution >= 0.6 is 0 Å². The highest BCUT2D eigenvalue weighted by molar-refractivity contribution is 5.87. The predicted octanol–water partition coefficient (Wildman–Crippen LogP) is 1.38. The molecule has 0 bridgehead atoms. The van der Waals surface area contributed by atoms with Gasteiger partial charge in [-0.2, -0.15) is 10.1 Å². The van der Waals surface area contributed by atoms with Crippen LogP contribution in [-0.2, 0) is 0 Å². The minimum Gasteiger partial charge on any atom is -0.368 e. The van der Waals surface area contributed by atoms with Crippen LogP contribution in [-0.4, -0.2) is 25.1 Å². The summed E-state index contributed by atoms with van der Waals surface area (Å²) in [7, 11) is 0. The maximum atomic E-state index is 5.67. The Morgan fingerprint density at radius 2 is 2.22 bits per heavy atom. The second-order valence-electron chi connectivity index (χ2n) is 3.86. The number of nitrogen functional groups attached to an aromatic ring is 1. The first-order valence-corrected chi connectivity index (χ1v) is 5.39. The van der Waals surface area contributed by atoms with E-state index in [-0.39, 0.29) is 5.95 Å². The lowest BCUT2D eigenvalue weighted by Crippen LogP contribution is -2.02. The van der Waals surface area contributed by atoms with E-state index >= 15 is 0 Å². The molecule has 0 aromatic carbocycles. The molecule has 3 rings (SSSR count). The molecular weight excluding hydrogens is 230 g/mol. The lowest BCUT2D eigenvalue weighted by atomic mass is 10.3. The molecule has 0 aliphatic carbocycles. The first-order chi connectivity index (χ1) is 8.72. The van der Waals surface area contributed by atoms with Crippen molar-refractivity contribution >= 4 is 28.6 Å². The molecule has 3 heterocycles. The molecule has 3 aromatic rings. The lowest BCUT2D eigenvalue weighted by molar-refractivity contribution is 1.05. The van der Waals surface area contributed by atoms with Crippen LogP contribution in [0.4, 0.5) is 17.6 Å². The molecule has 7 nitrogen and oxygen atoms in total. The SMILES string of the molecule is Cc1cc(Nc2nc(N)nc3cccnc23)n[nH]1. The van der Waals surface area contributed by atoms with Crippen molar-refractivity contribution < 1.29 is 0 Å². The van der Waals surface area contributed by atoms with E-state index in [0.29, 0.717) is 22.7 Å². The van der Waals surface area contributed by atoms with E-state index in [4.69, 9.17) is 5.73 Å². The highest BCUT2D eigenvalue weighted by Crippen LogP contribution is 2.21. The van der Waals surface area contributed by atoms with Crippen LogP contribution in [0.15, 0.2) is 24.4 Å². The van der Waals surface area contributed by atoms with E-state index in [1.165, 1.54) is 0 Å². The third kappa shape index (κ3) is 1.81. The van der Waals surface area contributed by atoms with Crippen LogP contribution in [0.2, 0.25) is 0 Å². The summed E-state index contributed by atoms with van der Waals surface area (Å²) >= 11 is 0. The first-order valence-electron chi connectivity index (χ1n) is 5.39. The van der Waals surface area contributed by atoms with Crippen LogP contribution in [0, 0.1) is 6.92 Å². The van der Waals surface area contributed by atoms with Gasteiger partial charge in [0.25, 0.3) is 0 Å². The van der Waals surface area contributed by atoms with E-state index in [1.807, 2.05) is 19.1 Å². The summed E-state index contributed by atoms with van der Waals surface area (Å²) in [6.45, 7) is 1.92. The van der Waals surface area contributed by atoms with E-state index in [2.05, 4.69) is 30.5 Å². The number of pyridine rings is 1. The average Bonchev–Trinajstić information content (AvgIpc) is 2.74. The fraction of sp³-hybridized carbons (Fsp3) is 0.0909. The second-order valence-corrected chi connectivity index (χ2v) is 3.86. The summed E-state index contributed by atoms with van der Waals surface area (Å²) in [4.78, 5) is 12.5. The number of nitrogens with one attached hydrogen (secondary N) is 2. The zero-order valence-electron chi connectivity index (χ0n) is 9.68. The average molecular weight is 241 g/mol. The standard InChI is InChI=1S/C11H11N7/c1-6-5-8(18-17-6)15-10-9-7(3-2-4-13-9)14-11(12)16-10/h2-5H,1H3,(H4,12,14,15,16,17,18). The first kappa shape index (κ1) is 10.5. The van der Waals surface area contributed by atoms with Gasteiger partial charge in [0.05, 0.1) is 5.52 Å². The zero-order valence-corrected chi connectivity index (χ0v) is 9.68. The van der Waals surface area contributed by atoms with E-state index < -0.39 is 0 Å². The molecule has 0 spiro atoms. The maximum absolute atomic E-state index is 5.67. The molecule has 18 heavy (non-hydrogen) atoms. The molecule has 0 saturated heterocycles. The molecule has 0 amide bonds. The molecule has 4 N–H and O–H groups in total. The minimum atomic E-state index is 0.199.